The number of allylic oxidation sites excluding steroid dienone is 5. The monoisotopic (exact) mass is 436 g/mol. The summed E-state index contributed by atoms with van der Waals surface area (Å²) in [6, 6.07) is 28.0. The Morgan fingerprint density at radius 2 is 1.21 bits per heavy atom. The lowest BCUT2D eigenvalue weighted by atomic mass is 9.86. The Morgan fingerprint density at radius 1 is 0.727 bits per heavy atom. The third kappa shape index (κ3) is 7.01. The van der Waals surface area contributed by atoms with Gasteiger partial charge in [0.25, 0.3) is 0 Å². The van der Waals surface area contributed by atoms with Crippen molar-refractivity contribution in [2.45, 2.75) is 5.92 Å². The number of carbonyl (C=O) groups excluding carboxylic acids is 3. The topological polar surface area (TPSA) is 75.3 Å². The zero-order valence-corrected chi connectivity index (χ0v) is 18.0. The summed E-state index contributed by atoms with van der Waals surface area (Å²) < 4.78 is 0. The van der Waals surface area contributed by atoms with Crippen molar-refractivity contribution in [3.8, 4) is 0 Å². The smallest absolute Gasteiger partial charge is 0.308 e. The molecule has 0 heterocycles. The molecular weight excluding hydrogens is 412 g/mol. The van der Waals surface area contributed by atoms with Crippen molar-refractivity contribution in [3.63, 3.8) is 0 Å². The first-order chi connectivity index (χ1) is 16.1. The number of hydrogen-bond acceptors (Lipinski definition) is 3. The van der Waals surface area contributed by atoms with Crippen LogP contribution in [0.4, 0.5) is 16.2 Å². The highest BCUT2D eigenvalue weighted by Gasteiger charge is 2.21. The Balaban J connectivity index is 0.000000186. The predicted molar refractivity (Wildman–Crippen MR) is 132 cm³/mol. The third-order valence-corrected chi connectivity index (χ3v) is 4.77. The number of anilines is 2. The van der Waals surface area contributed by atoms with Gasteiger partial charge in [-0.2, -0.15) is 0 Å². The number of para-hydroxylation sites is 2. The molecule has 2 amide bonds. The summed E-state index contributed by atoms with van der Waals surface area (Å²) in [5.41, 5.74) is 3.00. The fourth-order valence-electron chi connectivity index (χ4n) is 3.21. The maximum atomic E-state index is 11.8. The molecule has 0 spiro atoms. The first-order valence-electron chi connectivity index (χ1n) is 10.4. The van der Waals surface area contributed by atoms with E-state index in [2.05, 4.69) is 17.2 Å². The van der Waals surface area contributed by atoms with Gasteiger partial charge in [0.05, 0.1) is 0 Å². The van der Waals surface area contributed by atoms with E-state index in [1.165, 1.54) is 18.2 Å². The Morgan fingerprint density at radius 3 is 1.70 bits per heavy atom. The van der Waals surface area contributed by atoms with E-state index in [4.69, 9.17) is 0 Å². The molecule has 3 aromatic rings. The molecule has 1 aliphatic carbocycles. The Kier molecular flexibility index (Phi) is 8.26. The van der Waals surface area contributed by atoms with Crippen LogP contribution in [0.25, 0.3) is 0 Å². The molecule has 0 aliphatic heterocycles. The summed E-state index contributed by atoms with van der Waals surface area (Å²) in [6.45, 7) is 3.74. The molecule has 2 N–H and O–H groups in total. The van der Waals surface area contributed by atoms with Crippen molar-refractivity contribution in [2.75, 3.05) is 10.6 Å². The summed E-state index contributed by atoms with van der Waals surface area (Å²) >= 11 is 0. The van der Waals surface area contributed by atoms with Gasteiger partial charge >= 0.3 is 6.03 Å². The van der Waals surface area contributed by atoms with Crippen LogP contribution in [-0.4, -0.2) is 17.6 Å². The highest BCUT2D eigenvalue weighted by atomic mass is 16.2. The fraction of sp³-hybridized carbons (Fsp3) is 0.0357. The van der Waals surface area contributed by atoms with Crippen molar-refractivity contribution in [2.24, 2.45) is 0 Å². The van der Waals surface area contributed by atoms with Gasteiger partial charge in [-0.15, -0.1) is 6.58 Å². The van der Waals surface area contributed by atoms with E-state index < -0.39 is 0 Å². The second-order valence-corrected chi connectivity index (χ2v) is 7.13. The number of rotatable bonds is 5. The quantitative estimate of drug-likeness (QED) is 0.385. The normalized spacial score (nSPS) is 13.2. The number of urea groups is 1. The first-order valence-corrected chi connectivity index (χ1v) is 10.4. The van der Waals surface area contributed by atoms with Crippen molar-refractivity contribution < 1.29 is 14.4 Å². The largest absolute Gasteiger partial charge is 0.323 e. The number of amides is 2. The highest BCUT2D eigenvalue weighted by molar-refractivity contribution is 6.18. The molecule has 5 heteroatoms. The molecule has 164 valence electrons. The van der Waals surface area contributed by atoms with Crippen LogP contribution in [0.15, 0.2) is 127 Å². The molecule has 33 heavy (non-hydrogen) atoms. The molecular formula is C28H24N2O3. The van der Waals surface area contributed by atoms with Crippen LogP contribution < -0.4 is 10.6 Å². The molecule has 3 aromatic carbocycles. The zero-order chi connectivity index (χ0) is 23.5. The molecule has 0 saturated carbocycles. The first kappa shape index (κ1) is 23.2. The number of nitrogens with one attached hydrogen (secondary N) is 2. The van der Waals surface area contributed by atoms with E-state index in [1.807, 2.05) is 91.0 Å². The minimum absolute atomic E-state index is 0.127. The molecule has 4 rings (SSSR count). The van der Waals surface area contributed by atoms with Crippen molar-refractivity contribution in [1.29, 1.82) is 0 Å². The minimum atomic E-state index is -0.239. The summed E-state index contributed by atoms with van der Waals surface area (Å²) in [4.78, 5) is 34.6. The molecule has 5 nitrogen and oxygen atoms in total. The van der Waals surface area contributed by atoms with Gasteiger partial charge in [0, 0.05) is 22.9 Å². The van der Waals surface area contributed by atoms with Gasteiger partial charge in [-0.3, -0.25) is 9.59 Å². The lowest BCUT2D eigenvalue weighted by Crippen LogP contribution is -2.19. The van der Waals surface area contributed by atoms with Crippen molar-refractivity contribution in [1.82, 2.24) is 0 Å². The molecule has 0 fully saturated rings. The fourth-order valence-corrected chi connectivity index (χ4v) is 3.21. The van der Waals surface area contributed by atoms with Crippen LogP contribution in [0, 0.1) is 0 Å². The third-order valence-electron chi connectivity index (χ3n) is 4.77. The molecule has 1 aliphatic rings. The standard InChI is InChI=1S/C15H12O2.C13H12N2O/c1-2-13(11-6-4-3-5-7-11)14-10-12(16)8-9-15(14)17;16-13(14-11-7-3-1-4-8-11)15-12-9-5-2-6-10-12/h2-10,13H,1H2;1-10H,(H2,14,15,16). The van der Waals surface area contributed by atoms with Crippen LogP contribution in [0.3, 0.4) is 0 Å². The van der Waals surface area contributed by atoms with Gasteiger partial charge in [0.1, 0.15) is 0 Å². The van der Waals surface area contributed by atoms with Gasteiger partial charge in [-0.05, 0) is 48.1 Å². The Labute approximate surface area is 193 Å². The summed E-state index contributed by atoms with van der Waals surface area (Å²) in [5.74, 6) is -0.502. The molecule has 1 atom stereocenters. The van der Waals surface area contributed by atoms with Gasteiger partial charge in [-0.1, -0.05) is 72.8 Å². The van der Waals surface area contributed by atoms with E-state index in [0.29, 0.717) is 5.57 Å². The number of benzene rings is 3. The lowest BCUT2D eigenvalue weighted by molar-refractivity contribution is -0.114. The average Bonchev–Trinajstić information content (AvgIpc) is 2.84. The number of hydrogen-bond donors (Lipinski definition) is 2. The van der Waals surface area contributed by atoms with Gasteiger partial charge < -0.3 is 10.6 Å². The molecule has 1 unspecified atom stereocenters. The summed E-state index contributed by atoms with van der Waals surface area (Å²) in [7, 11) is 0. The maximum absolute atomic E-state index is 11.8. The molecule has 0 radical (unpaired) electrons. The second-order valence-electron chi connectivity index (χ2n) is 7.13. The van der Waals surface area contributed by atoms with E-state index in [1.54, 1.807) is 6.08 Å². The van der Waals surface area contributed by atoms with Crippen LogP contribution in [-0.2, 0) is 9.59 Å². The maximum Gasteiger partial charge on any atom is 0.323 e. The minimum Gasteiger partial charge on any atom is -0.308 e. The van der Waals surface area contributed by atoms with E-state index in [-0.39, 0.29) is 23.5 Å². The Bertz CT molecular complexity index is 1120. The van der Waals surface area contributed by atoms with E-state index in [0.717, 1.165) is 16.9 Å². The summed E-state index contributed by atoms with van der Waals surface area (Å²) in [6.07, 6.45) is 5.68. The lowest BCUT2D eigenvalue weighted by Gasteiger charge is -2.16. The number of ketones is 2. The van der Waals surface area contributed by atoms with Crippen LogP contribution in [0.5, 0.6) is 0 Å². The second kappa shape index (κ2) is 11.8. The zero-order valence-electron chi connectivity index (χ0n) is 18.0. The predicted octanol–water partition coefficient (Wildman–Crippen LogP) is 5.92. The number of carbonyl (C=O) groups is 3. The van der Waals surface area contributed by atoms with Gasteiger partial charge in [0.15, 0.2) is 11.6 Å². The molecule has 0 bridgehead atoms. The van der Waals surface area contributed by atoms with Crippen LogP contribution in [0.1, 0.15) is 11.5 Å². The average molecular weight is 437 g/mol. The SMILES string of the molecule is C=CC(C1=CC(=O)C=CC1=O)c1ccccc1.O=C(Nc1ccccc1)Nc1ccccc1. The van der Waals surface area contributed by atoms with Crippen molar-refractivity contribution in [3.05, 3.63) is 133 Å². The van der Waals surface area contributed by atoms with Crippen molar-refractivity contribution >= 4 is 29.0 Å². The Hall–Kier alpha value is -4.51. The van der Waals surface area contributed by atoms with E-state index >= 15 is 0 Å². The van der Waals surface area contributed by atoms with Gasteiger partial charge in [0.2, 0.25) is 0 Å². The molecule has 0 saturated heterocycles. The van der Waals surface area contributed by atoms with Gasteiger partial charge in [-0.25, -0.2) is 4.79 Å². The van der Waals surface area contributed by atoms with E-state index in [9.17, 15) is 14.4 Å². The van der Waals surface area contributed by atoms with Crippen LogP contribution in [0.2, 0.25) is 0 Å². The highest BCUT2D eigenvalue weighted by Crippen LogP contribution is 2.27. The molecule has 0 aromatic heterocycles. The van der Waals surface area contributed by atoms with Crippen LogP contribution >= 0.6 is 0 Å². The summed E-state index contributed by atoms with van der Waals surface area (Å²) in [5, 5.41) is 5.48.